The van der Waals surface area contributed by atoms with Gasteiger partial charge in [-0.15, -0.1) is 0 Å². The molecule has 3 aromatic rings. The van der Waals surface area contributed by atoms with Crippen molar-refractivity contribution in [3.05, 3.63) is 77.4 Å². The molecule has 0 spiro atoms. The quantitative estimate of drug-likeness (QED) is 0.540. The first-order valence-electron chi connectivity index (χ1n) is 11.5. The number of methoxy groups -OCH3 is 1. The first-order chi connectivity index (χ1) is 17.1. The third-order valence-corrected chi connectivity index (χ3v) is 8.39. The summed E-state index contributed by atoms with van der Waals surface area (Å²) < 4.78 is 34.8. The molecule has 1 aliphatic rings. The number of fused-ring (bicyclic) bond motifs is 1. The number of nitrogens with zero attached hydrogens (tertiary/aromatic N) is 2. The molecule has 0 saturated carbocycles. The van der Waals surface area contributed by atoms with Crippen molar-refractivity contribution in [3.8, 4) is 5.75 Å². The van der Waals surface area contributed by atoms with Gasteiger partial charge in [0.05, 0.1) is 35.5 Å². The van der Waals surface area contributed by atoms with Crippen molar-refractivity contribution in [2.24, 2.45) is 0 Å². The number of aryl methyl sites for hydroxylation is 3. The summed E-state index contributed by atoms with van der Waals surface area (Å²) in [4.78, 5) is 28.2. The van der Waals surface area contributed by atoms with Crippen LogP contribution in [0.3, 0.4) is 0 Å². The molecule has 0 fully saturated rings. The van der Waals surface area contributed by atoms with Gasteiger partial charge in [0.25, 0.3) is 15.9 Å². The number of carbonyl (C=O) groups is 2. The minimum atomic E-state index is -4.21. The fourth-order valence-electron chi connectivity index (χ4n) is 4.81. The monoisotopic (exact) mass is 507 g/mol. The standard InChI is InChI=1S/C27H29N3O5S/c1-17-14-18(2)26(19(3)15-17)36(33,34)30-22-12-8-7-11-21(22)29(4)27(32)23(30)16-25(31)28-20-10-6-9-13-24(20)35-5/h6-15,23H,16H2,1-5H3,(H,28,31)/t23-/m1/s1. The van der Waals surface area contributed by atoms with Gasteiger partial charge in [-0.3, -0.25) is 13.9 Å². The van der Waals surface area contributed by atoms with E-state index in [1.807, 2.05) is 6.92 Å². The summed E-state index contributed by atoms with van der Waals surface area (Å²) in [7, 11) is -1.14. The molecule has 4 rings (SSSR count). The molecule has 9 heteroatoms. The van der Waals surface area contributed by atoms with Crippen LogP contribution in [0.1, 0.15) is 23.1 Å². The number of likely N-dealkylation sites (N-methyl/N-ethyl adjacent to an activating group) is 1. The summed E-state index contributed by atoms with van der Waals surface area (Å²) in [5, 5.41) is 2.75. The van der Waals surface area contributed by atoms with E-state index in [4.69, 9.17) is 4.74 Å². The van der Waals surface area contributed by atoms with Gasteiger partial charge in [0.15, 0.2) is 0 Å². The summed E-state index contributed by atoms with van der Waals surface area (Å²) in [6, 6.07) is 16.0. The van der Waals surface area contributed by atoms with E-state index in [1.54, 1.807) is 81.6 Å². The van der Waals surface area contributed by atoms with E-state index < -0.39 is 27.9 Å². The Morgan fingerprint density at radius 3 is 2.19 bits per heavy atom. The predicted octanol–water partition coefficient (Wildman–Crippen LogP) is 4.19. The number of nitrogens with one attached hydrogen (secondary N) is 1. The van der Waals surface area contributed by atoms with Crippen LogP contribution >= 0.6 is 0 Å². The van der Waals surface area contributed by atoms with Crippen molar-refractivity contribution in [1.29, 1.82) is 0 Å². The molecular formula is C27H29N3O5S. The van der Waals surface area contributed by atoms with E-state index in [2.05, 4.69) is 5.32 Å². The molecule has 0 aromatic heterocycles. The largest absolute Gasteiger partial charge is 0.495 e. The number of sulfonamides is 1. The number of hydrogen-bond donors (Lipinski definition) is 1. The van der Waals surface area contributed by atoms with Crippen molar-refractivity contribution >= 4 is 38.9 Å². The van der Waals surface area contributed by atoms with Crippen LogP contribution in [-0.4, -0.2) is 40.4 Å². The maximum absolute atomic E-state index is 14.2. The van der Waals surface area contributed by atoms with Crippen LogP contribution in [-0.2, 0) is 19.6 Å². The second-order valence-corrected chi connectivity index (χ2v) is 10.6. The van der Waals surface area contributed by atoms with Crippen LogP contribution in [0, 0.1) is 20.8 Å². The Labute approximate surface area is 211 Å². The number of hydrogen-bond acceptors (Lipinski definition) is 5. The molecule has 0 bridgehead atoms. The van der Waals surface area contributed by atoms with Crippen LogP contribution in [0.25, 0.3) is 0 Å². The number of carbonyl (C=O) groups excluding carboxylic acids is 2. The summed E-state index contributed by atoms with van der Waals surface area (Å²) >= 11 is 0. The molecule has 1 aliphatic heterocycles. The predicted molar refractivity (Wildman–Crippen MR) is 140 cm³/mol. The van der Waals surface area contributed by atoms with Gasteiger partial charge in [-0.1, -0.05) is 42.0 Å². The van der Waals surface area contributed by atoms with E-state index in [0.717, 1.165) is 9.87 Å². The second kappa shape index (κ2) is 9.66. The molecular weight excluding hydrogens is 478 g/mol. The Morgan fingerprint density at radius 1 is 0.972 bits per heavy atom. The molecule has 1 N–H and O–H groups in total. The van der Waals surface area contributed by atoms with Gasteiger partial charge < -0.3 is 15.0 Å². The van der Waals surface area contributed by atoms with Gasteiger partial charge in [0.1, 0.15) is 11.8 Å². The Morgan fingerprint density at radius 2 is 1.56 bits per heavy atom. The van der Waals surface area contributed by atoms with E-state index in [1.165, 1.54) is 12.0 Å². The van der Waals surface area contributed by atoms with Crippen molar-refractivity contribution in [2.45, 2.75) is 38.1 Å². The van der Waals surface area contributed by atoms with Crippen molar-refractivity contribution in [2.75, 3.05) is 28.7 Å². The van der Waals surface area contributed by atoms with E-state index >= 15 is 0 Å². The highest BCUT2D eigenvalue weighted by atomic mass is 32.2. The lowest BCUT2D eigenvalue weighted by atomic mass is 10.1. The third-order valence-electron chi connectivity index (χ3n) is 6.26. The minimum absolute atomic E-state index is 0.135. The van der Waals surface area contributed by atoms with Gasteiger partial charge in [0.2, 0.25) is 5.91 Å². The SMILES string of the molecule is COc1ccccc1NC(=O)C[C@@H]1C(=O)N(C)c2ccccc2N1S(=O)(=O)c1c(C)cc(C)cc1C. The topological polar surface area (TPSA) is 96.0 Å². The molecule has 0 saturated heterocycles. The van der Waals surface area contributed by atoms with Crippen molar-refractivity contribution in [1.82, 2.24) is 0 Å². The Hall–Kier alpha value is -3.85. The maximum atomic E-state index is 14.2. The molecule has 1 atom stereocenters. The highest BCUT2D eigenvalue weighted by Gasteiger charge is 2.45. The lowest BCUT2D eigenvalue weighted by molar-refractivity contribution is -0.123. The molecule has 0 aliphatic carbocycles. The van der Waals surface area contributed by atoms with Gasteiger partial charge in [0, 0.05) is 7.05 Å². The average Bonchev–Trinajstić information content (AvgIpc) is 2.81. The molecule has 3 aromatic carbocycles. The number of ether oxygens (including phenoxy) is 1. The lowest BCUT2D eigenvalue weighted by Gasteiger charge is -2.40. The molecule has 1 heterocycles. The molecule has 36 heavy (non-hydrogen) atoms. The fourth-order valence-corrected chi connectivity index (χ4v) is 6.85. The average molecular weight is 508 g/mol. The Kier molecular flexibility index (Phi) is 6.77. The number of benzene rings is 3. The smallest absolute Gasteiger partial charge is 0.265 e. The summed E-state index contributed by atoms with van der Waals surface area (Å²) in [6.07, 6.45) is -0.376. The highest BCUT2D eigenvalue weighted by Crippen LogP contribution is 2.41. The zero-order valence-corrected chi connectivity index (χ0v) is 21.7. The fraction of sp³-hybridized carbons (Fsp3) is 0.259. The van der Waals surface area contributed by atoms with Crippen LogP contribution in [0.4, 0.5) is 17.1 Å². The first-order valence-corrected chi connectivity index (χ1v) is 12.9. The number of anilines is 3. The van der Waals surface area contributed by atoms with E-state index in [-0.39, 0.29) is 11.3 Å². The summed E-state index contributed by atoms with van der Waals surface area (Å²) in [6.45, 7) is 5.37. The number of rotatable bonds is 6. The zero-order valence-electron chi connectivity index (χ0n) is 20.9. The van der Waals surface area contributed by atoms with Crippen molar-refractivity contribution < 1.29 is 22.7 Å². The second-order valence-electron chi connectivity index (χ2n) is 8.88. The Bertz CT molecular complexity index is 1430. The van der Waals surface area contributed by atoms with Gasteiger partial charge in [-0.05, 0) is 56.2 Å². The van der Waals surface area contributed by atoms with Crippen LogP contribution in [0.15, 0.2) is 65.6 Å². The molecule has 188 valence electrons. The van der Waals surface area contributed by atoms with Gasteiger partial charge in [-0.25, -0.2) is 8.42 Å². The molecule has 0 radical (unpaired) electrons. The van der Waals surface area contributed by atoms with Gasteiger partial charge in [-0.2, -0.15) is 0 Å². The molecule has 8 nitrogen and oxygen atoms in total. The molecule has 0 unspecified atom stereocenters. The van der Waals surface area contributed by atoms with Crippen LogP contribution in [0.5, 0.6) is 5.75 Å². The zero-order chi connectivity index (χ0) is 26.2. The summed E-state index contributed by atoms with van der Waals surface area (Å²) in [5.41, 5.74) is 3.32. The molecule has 2 amide bonds. The lowest BCUT2D eigenvalue weighted by Crippen LogP contribution is -2.55. The highest BCUT2D eigenvalue weighted by molar-refractivity contribution is 7.93. The van der Waals surface area contributed by atoms with Gasteiger partial charge >= 0.3 is 0 Å². The van der Waals surface area contributed by atoms with Crippen LogP contribution in [0.2, 0.25) is 0 Å². The number of amides is 2. The number of para-hydroxylation sites is 4. The van der Waals surface area contributed by atoms with Crippen LogP contribution < -0.4 is 19.3 Å². The normalized spacial score (nSPS) is 15.5. The van der Waals surface area contributed by atoms with Crippen molar-refractivity contribution in [3.63, 3.8) is 0 Å². The third kappa shape index (κ3) is 4.42. The van der Waals surface area contributed by atoms with E-state index in [0.29, 0.717) is 33.9 Å². The summed E-state index contributed by atoms with van der Waals surface area (Å²) in [5.74, 6) is -0.545. The van der Waals surface area contributed by atoms with E-state index in [9.17, 15) is 18.0 Å². The minimum Gasteiger partial charge on any atom is -0.495 e. The Balaban J connectivity index is 1.81. The first kappa shape index (κ1) is 25.2. The maximum Gasteiger partial charge on any atom is 0.265 e.